The second kappa shape index (κ2) is 15.6. The first-order valence-corrected chi connectivity index (χ1v) is 13.4. The van der Waals surface area contributed by atoms with Crippen LogP contribution in [0.3, 0.4) is 0 Å². The fraction of sp³-hybridized carbons (Fsp3) is 0.206. The molecule has 0 aliphatic rings. The molecule has 0 saturated carbocycles. The molecule has 3 rings (SSSR count). The van der Waals surface area contributed by atoms with Gasteiger partial charge in [-0.25, -0.2) is 14.4 Å². The number of carbonyl (C=O) groups is 3. The number of hydrogen-bond acceptors (Lipinski definition) is 7. The van der Waals surface area contributed by atoms with Crippen LogP contribution in [-0.4, -0.2) is 24.5 Å². The number of allylic oxidation sites excluding steroid dienone is 3. The molecular weight excluding hydrogens is 520 g/mol. The molecule has 41 heavy (non-hydrogen) atoms. The predicted molar refractivity (Wildman–Crippen MR) is 159 cm³/mol. The maximum absolute atomic E-state index is 12.5. The van der Waals surface area contributed by atoms with Crippen LogP contribution in [-0.2, 0) is 14.4 Å². The highest BCUT2D eigenvalue weighted by atomic mass is 16.5. The summed E-state index contributed by atoms with van der Waals surface area (Å²) in [6.07, 6.45) is 10.7. The molecule has 0 saturated heterocycles. The summed E-state index contributed by atoms with van der Waals surface area (Å²) in [7, 11) is 0. The highest BCUT2D eigenvalue weighted by Crippen LogP contribution is 2.42. The van der Waals surface area contributed by atoms with Gasteiger partial charge in [-0.3, -0.25) is 0 Å². The Labute approximate surface area is 240 Å². The van der Waals surface area contributed by atoms with Gasteiger partial charge < -0.3 is 18.9 Å². The average molecular weight is 555 g/mol. The minimum absolute atomic E-state index is 0.327. The molecular formula is C34H34O7. The number of ether oxygens (including phenoxy) is 4. The van der Waals surface area contributed by atoms with E-state index in [2.05, 4.69) is 6.92 Å². The number of hydrogen-bond donors (Lipinski definition) is 0. The fourth-order valence-electron chi connectivity index (χ4n) is 3.80. The van der Waals surface area contributed by atoms with Gasteiger partial charge >= 0.3 is 17.9 Å². The van der Waals surface area contributed by atoms with Gasteiger partial charge in [0, 0.05) is 29.4 Å². The quantitative estimate of drug-likeness (QED) is 0.0983. The fourth-order valence-corrected chi connectivity index (χ4v) is 3.80. The van der Waals surface area contributed by atoms with E-state index < -0.39 is 17.9 Å². The van der Waals surface area contributed by atoms with E-state index in [0.29, 0.717) is 40.7 Å². The topological polar surface area (TPSA) is 88.1 Å². The second-order valence-corrected chi connectivity index (χ2v) is 8.86. The van der Waals surface area contributed by atoms with Crippen LogP contribution in [0.2, 0.25) is 0 Å². The zero-order chi connectivity index (χ0) is 29.6. The maximum Gasteiger partial charge on any atom is 0.335 e. The van der Waals surface area contributed by atoms with Crippen molar-refractivity contribution in [1.82, 2.24) is 0 Å². The minimum atomic E-state index is -0.525. The molecule has 0 unspecified atom stereocenters. The van der Waals surface area contributed by atoms with Crippen LogP contribution in [0.1, 0.15) is 40.5 Å². The van der Waals surface area contributed by atoms with Crippen molar-refractivity contribution in [3.8, 4) is 45.3 Å². The molecule has 0 aliphatic carbocycles. The molecule has 3 aromatic rings. The number of carbonyl (C=O) groups excluding carboxylic acids is 3. The lowest BCUT2D eigenvalue weighted by Crippen LogP contribution is -2.06. The van der Waals surface area contributed by atoms with Gasteiger partial charge in [-0.15, -0.1) is 0 Å². The van der Waals surface area contributed by atoms with E-state index in [-0.39, 0.29) is 0 Å². The van der Waals surface area contributed by atoms with Crippen molar-refractivity contribution in [3.05, 3.63) is 97.1 Å². The van der Waals surface area contributed by atoms with Crippen LogP contribution >= 0.6 is 0 Å². The lowest BCUT2D eigenvalue weighted by atomic mass is 9.97. The Morgan fingerprint density at radius 1 is 0.610 bits per heavy atom. The van der Waals surface area contributed by atoms with Crippen LogP contribution in [0.5, 0.6) is 23.0 Å². The van der Waals surface area contributed by atoms with Crippen molar-refractivity contribution in [2.45, 2.75) is 40.5 Å². The van der Waals surface area contributed by atoms with Crippen LogP contribution in [0.25, 0.3) is 22.3 Å². The zero-order valence-corrected chi connectivity index (χ0v) is 23.7. The summed E-state index contributed by atoms with van der Waals surface area (Å²) in [6.45, 7) is 7.79. The third-order valence-corrected chi connectivity index (χ3v) is 5.72. The Balaban J connectivity index is 2.08. The average Bonchev–Trinajstić information content (AvgIpc) is 2.95. The molecule has 0 N–H and O–H groups in total. The molecule has 0 aromatic heterocycles. The SMILES string of the molecule is C/C=C/C(=O)Oc1ccc(-c2cc(OC(=O)/C=C/C)c(-c3ccc(OC(=O)/C=C/C)cc3)cc2OCCCC)cc1. The van der Waals surface area contributed by atoms with Crippen LogP contribution in [0.15, 0.2) is 97.1 Å². The molecule has 212 valence electrons. The van der Waals surface area contributed by atoms with Crippen molar-refractivity contribution >= 4 is 17.9 Å². The van der Waals surface area contributed by atoms with E-state index in [1.165, 1.54) is 18.2 Å². The van der Waals surface area contributed by atoms with Crippen LogP contribution in [0.4, 0.5) is 0 Å². The molecule has 7 nitrogen and oxygen atoms in total. The van der Waals surface area contributed by atoms with Crippen molar-refractivity contribution in [3.63, 3.8) is 0 Å². The van der Waals surface area contributed by atoms with E-state index in [4.69, 9.17) is 18.9 Å². The number of benzene rings is 3. The van der Waals surface area contributed by atoms with E-state index in [0.717, 1.165) is 24.0 Å². The van der Waals surface area contributed by atoms with Gasteiger partial charge in [0.15, 0.2) is 0 Å². The van der Waals surface area contributed by atoms with Crippen molar-refractivity contribution in [1.29, 1.82) is 0 Å². The Morgan fingerprint density at radius 3 is 1.46 bits per heavy atom. The van der Waals surface area contributed by atoms with Gasteiger partial charge in [-0.1, -0.05) is 55.8 Å². The highest BCUT2D eigenvalue weighted by molar-refractivity contribution is 5.89. The van der Waals surface area contributed by atoms with E-state index in [1.807, 2.05) is 18.2 Å². The monoisotopic (exact) mass is 554 g/mol. The Hall–Kier alpha value is -4.91. The lowest BCUT2D eigenvalue weighted by molar-refractivity contribution is -0.129. The molecule has 0 aliphatic heterocycles. The standard InChI is InChI=1S/C34H34O7/c1-5-9-21-38-30-22-29(25-15-19-27(20-16-25)40-33(36)11-7-3)31(41-34(37)12-8-4)23-28(30)24-13-17-26(18-14-24)39-32(35)10-6-2/h6-8,10-20,22-23H,5,9,21H2,1-4H3/b10-6+,11-7+,12-8+. The summed E-state index contributed by atoms with van der Waals surface area (Å²) in [5.41, 5.74) is 2.85. The normalized spacial score (nSPS) is 11.2. The number of unbranched alkanes of at least 4 members (excludes halogenated alkanes) is 1. The van der Waals surface area contributed by atoms with E-state index >= 15 is 0 Å². The van der Waals surface area contributed by atoms with Gasteiger partial charge in [-0.05, 0) is 74.7 Å². The first-order chi connectivity index (χ1) is 19.9. The molecule has 7 heteroatoms. The number of rotatable bonds is 12. The summed E-state index contributed by atoms with van der Waals surface area (Å²) in [4.78, 5) is 36.2. The van der Waals surface area contributed by atoms with Gasteiger partial charge in [0.2, 0.25) is 0 Å². The van der Waals surface area contributed by atoms with Crippen molar-refractivity contribution in [2.75, 3.05) is 6.61 Å². The first-order valence-electron chi connectivity index (χ1n) is 13.4. The predicted octanol–water partition coefficient (Wildman–Crippen LogP) is 7.64. The largest absolute Gasteiger partial charge is 0.493 e. The Kier molecular flexibility index (Phi) is 11.7. The van der Waals surface area contributed by atoms with E-state index in [9.17, 15) is 14.4 Å². The summed E-state index contributed by atoms with van der Waals surface area (Å²) >= 11 is 0. The smallest absolute Gasteiger partial charge is 0.335 e. The Bertz CT molecular complexity index is 1430. The zero-order valence-electron chi connectivity index (χ0n) is 23.7. The molecule has 0 spiro atoms. The molecule has 0 radical (unpaired) electrons. The molecule has 0 bridgehead atoms. The third-order valence-electron chi connectivity index (χ3n) is 5.72. The van der Waals surface area contributed by atoms with E-state index in [1.54, 1.807) is 81.5 Å². The lowest BCUT2D eigenvalue weighted by Gasteiger charge is -2.18. The van der Waals surface area contributed by atoms with Crippen LogP contribution in [0, 0.1) is 0 Å². The maximum atomic E-state index is 12.5. The van der Waals surface area contributed by atoms with Crippen molar-refractivity contribution < 1.29 is 33.3 Å². The minimum Gasteiger partial charge on any atom is -0.493 e. The molecule has 0 atom stereocenters. The van der Waals surface area contributed by atoms with Crippen molar-refractivity contribution in [2.24, 2.45) is 0 Å². The summed E-state index contributed by atoms with van der Waals surface area (Å²) in [5, 5.41) is 0. The summed E-state index contributed by atoms with van der Waals surface area (Å²) in [6, 6.07) is 17.5. The number of esters is 3. The first kappa shape index (κ1) is 30.6. The third kappa shape index (κ3) is 9.07. The highest BCUT2D eigenvalue weighted by Gasteiger charge is 2.18. The van der Waals surface area contributed by atoms with Gasteiger partial charge in [-0.2, -0.15) is 0 Å². The van der Waals surface area contributed by atoms with Gasteiger partial charge in [0.1, 0.15) is 23.0 Å². The van der Waals surface area contributed by atoms with Gasteiger partial charge in [0.05, 0.1) is 6.61 Å². The van der Waals surface area contributed by atoms with Gasteiger partial charge in [0.25, 0.3) is 0 Å². The molecule has 0 fully saturated rings. The summed E-state index contributed by atoms with van der Waals surface area (Å²) in [5.74, 6) is 0.249. The van der Waals surface area contributed by atoms with Crippen LogP contribution < -0.4 is 18.9 Å². The summed E-state index contributed by atoms with van der Waals surface area (Å²) < 4.78 is 22.6. The Morgan fingerprint density at radius 2 is 1.02 bits per heavy atom. The second-order valence-electron chi connectivity index (χ2n) is 8.86. The molecule has 0 amide bonds. The molecule has 3 aromatic carbocycles. The molecule has 0 heterocycles.